The van der Waals surface area contributed by atoms with Gasteiger partial charge < -0.3 is 19.7 Å². The first kappa shape index (κ1) is 24.8. The smallest absolute Gasteiger partial charge is 0.324 e. The Labute approximate surface area is 207 Å². The highest BCUT2D eigenvalue weighted by atomic mass is 16.5. The van der Waals surface area contributed by atoms with E-state index < -0.39 is 0 Å². The molecular weight excluding hydrogens is 442 g/mol. The quantitative estimate of drug-likeness (QED) is 0.486. The zero-order valence-electron chi connectivity index (χ0n) is 21.1. The number of carbonyl (C=O) groups is 1. The van der Waals surface area contributed by atoms with Crippen molar-refractivity contribution in [2.45, 2.75) is 33.1 Å². The van der Waals surface area contributed by atoms with Crippen LogP contribution in [0, 0.1) is 6.92 Å². The van der Waals surface area contributed by atoms with Crippen molar-refractivity contribution >= 4 is 17.5 Å². The number of rotatable bonds is 7. The van der Waals surface area contributed by atoms with Crippen molar-refractivity contribution in [3.63, 3.8) is 0 Å². The number of benzene rings is 2. The van der Waals surface area contributed by atoms with Gasteiger partial charge in [0.1, 0.15) is 37.8 Å². The molecule has 0 aliphatic carbocycles. The highest BCUT2D eigenvalue weighted by molar-refractivity contribution is 5.99. The molecule has 1 saturated heterocycles. The van der Waals surface area contributed by atoms with E-state index in [0.717, 1.165) is 50.0 Å². The number of hydrogen-bond acceptors (Lipinski definition) is 4. The average Bonchev–Trinajstić information content (AvgIpc) is 3.25. The van der Waals surface area contributed by atoms with E-state index in [4.69, 9.17) is 14.6 Å². The van der Waals surface area contributed by atoms with Crippen molar-refractivity contribution in [1.82, 2.24) is 9.78 Å². The van der Waals surface area contributed by atoms with Gasteiger partial charge in [-0.3, -0.25) is 5.32 Å². The van der Waals surface area contributed by atoms with Crippen molar-refractivity contribution in [3.05, 3.63) is 65.9 Å². The third-order valence-electron chi connectivity index (χ3n) is 6.03. The van der Waals surface area contributed by atoms with Gasteiger partial charge in [0.05, 0.1) is 24.6 Å². The van der Waals surface area contributed by atoms with Crippen molar-refractivity contribution in [2.75, 3.05) is 50.1 Å². The van der Waals surface area contributed by atoms with Crippen LogP contribution in [0.3, 0.4) is 0 Å². The molecule has 0 bridgehead atoms. The number of carbonyl (C=O) groups excluding carboxylic acids is 1. The maximum Gasteiger partial charge on any atom is 0.324 e. The summed E-state index contributed by atoms with van der Waals surface area (Å²) < 4.78 is 13.0. The normalized spacial score (nSPS) is 14.5. The molecule has 0 radical (unpaired) electrons. The highest BCUT2D eigenvalue weighted by Crippen LogP contribution is 2.26. The van der Waals surface area contributed by atoms with Crippen molar-refractivity contribution in [3.8, 4) is 11.4 Å². The molecule has 0 saturated carbocycles. The van der Waals surface area contributed by atoms with Crippen molar-refractivity contribution in [2.24, 2.45) is 0 Å². The Bertz CT molecular complexity index is 1110. The summed E-state index contributed by atoms with van der Waals surface area (Å²) in [5.74, 6) is 1.40. The summed E-state index contributed by atoms with van der Waals surface area (Å²) >= 11 is 0. The summed E-state index contributed by atoms with van der Waals surface area (Å²) in [4.78, 5) is 14.3. The molecule has 3 aromatic rings. The molecule has 1 fully saturated rings. The SMILES string of the molecule is Cc1ccc(-n2nc(C(C)(C)C)cc2NC(=O)Nc2ccc(OCC[NH+]3CCOCC3)cc2)cc1. The molecule has 0 atom stereocenters. The molecule has 2 amide bonds. The molecule has 2 aromatic carbocycles. The van der Waals surface area contributed by atoms with Gasteiger partial charge in [0, 0.05) is 17.2 Å². The predicted octanol–water partition coefficient (Wildman–Crippen LogP) is 3.42. The van der Waals surface area contributed by atoms with Crippen LogP contribution < -0.4 is 20.3 Å². The molecule has 1 aromatic heterocycles. The van der Waals surface area contributed by atoms with E-state index in [-0.39, 0.29) is 11.4 Å². The van der Waals surface area contributed by atoms with Crippen LogP contribution in [0.2, 0.25) is 0 Å². The van der Waals surface area contributed by atoms with E-state index in [9.17, 15) is 4.79 Å². The van der Waals surface area contributed by atoms with E-state index in [1.54, 1.807) is 4.68 Å². The Morgan fingerprint density at radius 1 is 1.06 bits per heavy atom. The van der Waals surface area contributed by atoms with Crippen LogP contribution in [0.4, 0.5) is 16.3 Å². The van der Waals surface area contributed by atoms with Gasteiger partial charge in [0.25, 0.3) is 0 Å². The molecule has 186 valence electrons. The third kappa shape index (κ3) is 6.83. The number of nitrogens with one attached hydrogen (secondary N) is 3. The topological polar surface area (TPSA) is 81.9 Å². The van der Waals surface area contributed by atoms with Crippen LogP contribution in [0.5, 0.6) is 5.75 Å². The van der Waals surface area contributed by atoms with E-state index in [2.05, 4.69) is 31.4 Å². The third-order valence-corrected chi connectivity index (χ3v) is 6.03. The van der Waals surface area contributed by atoms with Gasteiger partial charge in [-0.25, -0.2) is 9.48 Å². The predicted molar refractivity (Wildman–Crippen MR) is 138 cm³/mol. The molecular formula is C27H36N5O3+. The zero-order valence-corrected chi connectivity index (χ0v) is 21.1. The molecule has 0 spiro atoms. The van der Waals surface area contributed by atoms with Gasteiger partial charge in [-0.2, -0.15) is 5.10 Å². The first-order valence-corrected chi connectivity index (χ1v) is 12.2. The van der Waals surface area contributed by atoms with Gasteiger partial charge in [0.15, 0.2) is 0 Å². The second-order valence-electron chi connectivity index (χ2n) is 9.98. The fourth-order valence-corrected chi connectivity index (χ4v) is 3.86. The second kappa shape index (κ2) is 10.9. The van der Waals surface area contributed by atoms with Gasteiger partial charge in [-0.15, -0.1) is 0 Å². The number of urea groups is 1. The minimum atomic E-state index is -0.330. The summed E-state index contributed by atoms with van der Waals surface area (Å²) in [6.45, 7) is 13.7. The Morgan fingerprint density at radius 3 is 2.40 bits per heavy atom. The maximum absolute atomic E-state index is 12.8. The molecule has 1 aliphatic heterocycles. The number of amides is 2. The van der Waals surface area contributed by atoms with Gasteiger partial charge >= 0.3 is 6.03 Å². The summed E-state index contributed by atoms with van der Waals surface area (Å²) in [6.07, 6.45) is 0. The van der Waals surface area contributed by atoms with Crippen LogP contribution in [0.15, 0.2) is 54.6 Å². The Hall–Kier alpha value is -3.36. The fourth-order valence-electron chi connectivity index (χ4n) is 3.86. The lowest BCUT2D eigenvalue weighted by Gasteiger charge is -2.23. The van der Waals surface area contributed by atoms with E-state index in [0.29, 0.717) is 18.1 Å². The van der Waals surface area contributed by atoms with Crippen LogP contribution >= 0.6 is 0 Å². The van der Waals surface area contributed by atoms with Crippen LogP contribution in [-0.2, 0) is 10.2 Å². The number of nitrogens with zero attached hydrogens (tertiary/aromatic N) is 2. The Balaban J connectivity index is 1.37. The van der Waals surface area contributed by atoms with Gasteiger partial charge in [-0.1, -0.05) is 38.5 Å². The first-order chi connectivity index (χ1) is 16.8. The van der Waals surface area contributed by atoms with E-state index in [1.807, 2.05) is 61.5 Å². The zero-order chi connectivity index (χ0) is 24.8. The minimum Gasteiger partial charge on any atom is -0.488 e. The number of morpholine rings is 1. The number of quaternary nitrogens is 1. The molecule has 3 N–H and O–H groups in total. The monoisotopic (exact) mass is 478 g/mol. The largest absolute Gasteiger partial charge is 0.488 e. The van der Waals surface area contributed by atoms with Gasteiger partial charge in [0.2, 0.25) is 0 Å². The molecule has 4 rings (SSSR count). The molecule has 0 unspecified atom stereocenters. The van der Waals surface area contributed by atoms with Crippen LogP contribution in [0.1, 0.15) is 32.0 Å². The minimum absolute atomic E-state index is 0.151. The summed E-state index contributed by atoms with van der Waals surface area (Å²) in [6, 6.07) is 17.1. The number of hydrogen-bond donors (Lipinski definition) is 3. The second-order valence-corrected chi connectivity index (χ2v) is 9.98. The highest BCUT2D eigenvalue weighted by Gasteiger charge is 2.21. The standard InChI is InChI=1S/C27H35N5O3/c1-20-5-9-22(10-6-20)32-25(19-24(30-32)27(2,3)4)29-26(33)28-21-7-11-23(12-8-21)35-18-15-31-13-16-34-17-14-31/h5-12,19H,13-18H2,1-4H3,(H2,28,29,33)/p+1. The molecule has 2 heterocycles. The maximum atomic E-state index is 12.8. The molecule has 8 heteroatoms. The summed E-state index contributed by atoms with van der Waals surface area (Å²) in [5, 5.41) is 10.6. The van der Waals surface area contributed by atoms with E-state index >= 15 is 0 Å². The Morgan fingerprint density at radius 2 is 1.74 bits per heavy atom. The van der Waals surface area contributed by atoms with Crippen LogP contribution in [0.25, 0.3) is 5.69 Å². The molecule has 8 nitrogen and oxygen atoms in total. The van der Waals surface area contributed by atoms with Crippen molar-refractivity contribution in [1.29, 1.82) is 0 Å². The average molecular weight is 479 g/mol. The Kier molecular flexibility index (Phi) is 7.73. The lowest BCUT2D eigenvalue weighted by molar-refractivity contribution is -0.908. The number of aromatic nitrogens is 2. The number of anilines is 2. The molecule has 35 heavy (non-hydrogen) atoms. The first-order valence-electron chi connectivity index (χ1n) is 12.2. The fraction of sp³-hybridized carbons (Fsp3) is 0.407. The van der Waals surface area contributed by atoms with Gasteiger partial charge in [-0.05, 0) is 43.3 Å². The van der Waals surface area contributed by atoms with E-state index in [1.165, 1.54) is 10.5 Å². The molecule has 1 aliphatic rings. The number of ether oxygens (including phenoxy) is 2. The lowest BCUT2D eigenvalue weighted by Crippen LogP contribution is -3.14. The van der Waals surface area contributed by atoms with Crippen LogP contribution in [-0.4, -0.2) is 55.3 Å². The number of aryl methyl sites for hydroxylation is 1. The summed E-state index contributed by atoms with van der Waals surface area (Å²) in [5.41, 5.74) is 3.49. The lowest BCUT2D eigenvalue weighted by atomic mass is 9.92. The van der Waals surface area contributed by atoms with Crippen molar-refractivity contribution < 1.29 is 19.2 Å². The summed E-state index contributed by atoms with van der Waals surface area (Å²) in [7, 11) is 0.